The first kappa shape index (κ1) is 15.7. The molecular weight excluding hydrogens is 323 g/mol. The highest BCUT2D eigenvalue weighted by Crippen LogP contribution is 2.45. The van der Waals surface area contributed by atoms with Crippen molar-refractivity contribution < 1.29 is 13.7 Å². The molecule has 3 aromatic rings. The minimum absolute atomic E-state index is 0.0762. The maximum atomic E-state index is 14.2. The van der Waals surface area contributed by atoms with E-state index in [1.807, 2.05) is 13.0 Å². The number of aromatic nitrogens is 2. The van der Waals surface area contributed by atoms with Gasteiger partial charge in [0.1, 0.15) is 17.8 Å². The van der Waals surface area contributed by atoms with Crippen LogP contribution in [0.25, 0.3) is 10.9 Å². The Balaban J connectivity index is 1.47. The van der Waals surface area contributed by atoms with Crippen LogP contribution in [0.4, 0.5) is 10.1 Å². The van der Waals surface area contributed by atoms with Gasteiger partial charge in [-0.3, -0.25) is 4.79 Å². The summed E-state index contributed by atoms with van der Waals surface area (Å²) in [6.45, 7) is 2.75. The van der Waals surface area contributed by atoms with Gasteiger partial charge in [-0.1, -0.05) is 12.1 Å². The summed E-state index contributed by atoms with van der Waals surface area (Å²) in [7, 11) is 0. The normalized spacial score (nSPS) is 15.3. The van der Waals surface area contributed by atoms with Crippen molar-refractivity contribution in [2.24, 2.45) is 5.41 Å². The predicted molar refractivity (Wildman–Crippen MR) is 91.3 cm³/mol. The summed E-state index contributed by atoms with van der Waals surface area (Å²) in [6.07, 6.45) is 3.36. The van der Waals surface area contributed by atoms with Gasteiger partial charge in [-0.15, -0.1) is 0 Å². The quantitative estimate of drug-likeness (QED) is 0.642. The molecule has 1 amide bonds. The van der Waals surface area contributed by atoms with Crippen molar-refractivity contribution in [3.05, 3.63) is 47.7 Å². The summed E-state index contributed by atoms with van der Waals surface area (Å²) >= 11 is 0. The van der Waals surface area contributed by atoms with Crippen LogP contribution in [0.3, 0.4) is 0 Å². The molecule has 130 valence electrons. The SMILES string of the molecule is CC1(C(=O)NCc2cc3cc(F)c(NCc4ccon4)cc3[nH]2)CC1. The van der Waals surface area contributed by atoms with Crippen LogP contribution in [0.1, 0.15) is 31.2 Å². The molecule has 0 atom stereocenters. The van der Waals surface area contributed by atoms with Crippen LogP contribution >= 0.6 is 0 Å². The van der Waals surface area contributed by atoms with E-state index in [9.17, 15) is 9.18 Å². The van der Waals surface area contributed by atoms with Crippen LogP contribution in [0.2, 0.25) is 0 Å². The van der Waals surface area contributed by atoms with Crippen molar-refractivity contribution in [2.75, 3.05) is 5.32 Å². The fourth-order valence-corrected chi connectivity index (χ4v) is 2.76. The van der Waals surface area contributed by atoms with E-state index < -0.39 is 0 Å². The first-order valence-electron chi connectivity index (χ1n) is 8.26. The zero-order valence-electron chi connectivity index (χ0n) is 13.9. The molecule has 2 aromatic heterocycles. The molecule has 1 aliphatic carbocycles. The van der Waals surface area contributed by atoms with E-state index in [0.29, 0.717) is 24.5 Å². The van der Waals surface area contributed by atoms with Crippen LogP contribution in [0, 0.1) is 11.2 Å². The third-order valence-electron chi connectivity index (χ3n) is 4.70. The molecule has 3 N–H and O–H groups in total. The molecule has 0 saturated heterocycles. The Hall–Kier alpha value is -2.83. The smallest absolute Gasteiger partial charge is 0.226 e. The largest absolute Gasteiger partial charge is 0.377 e. The average Bonchev–Trinajstić information content (AvgIpc) is 3.01. The van der Waals surface area contributed by atoms with Gasteiger partial charge >= 0.3 is 0 Å². The van der Waals surface area contributed by atoms with E-state index in [0.717, 1.165) is 29.4 Å². The van der Waals surface area contributed by atoms with E-state index in [4.69, 9.17) is 4.52 Å². The monoisotopic (exact) mass is 342 g/mol. The number of rotatable bonds is 6. The Kier molecular flexibility index (Phi) is 3.71. The highest BCUT2D eigenvalue weighted by Gasteiger charge is 2.44. The maximum absolute atomic E-state index is 14.2. The average molecular weight is 342 g/mol. The molecule has 0 spiro atoms. The van der Waals surface area contributed by atoms with E-state index in [-0.39, 0.29) is 17.1 Å². The van der Waals surface area contributed by atoms with Gasteiger partial charge in [-0.05, 0) is 31.0 Å². The Labute approximate surface area is 143 Å². The Morgan fingerprint density at radius 3 is 2.92 bits per heavy atom. The van der Waals surface area contributed by atoms with E-state index >= 15 is 0 Å². The van der Waals surface area contributed by atoms with Crippen molar-refractivity contribution in [3.8, 4) is 0 Å². The second-order valence-electron chi connectivity index (χ2n) is 6.80. The highest BCUT2D eigenvalue weighted by molar-refractivity contribution is 5.86. The number of benzene rings is 1. The first-order chi connectivity index (χ1) is 12.0. The topological polar surface area (TPSA) is 82.9 Å². The molecule has 2 heterocycles. The predicted octanol–water partition coefficient (Wildman–Crippen LogP) is 3.32. The summed E-state index contributed by atoms with van der Waals surface area (Å²) < 4.78 is 19.0. The molecule has 6 nitrogen and oxygen atoms in total. The fraction of sp³-hybridized carbons (Fsp3) is 0.333. The number of carbonyl (C=O) groups is 1. The second kappa shape index (κ2) is 5.91. The molecule has 0 bridgehead atoms. The molecule has 1 aromatic carbocycles. The standard InChI is InChI=1S/C18H19FN4O2/c1-18(3-4-18)17(24)21-10-13-6-11-7-14(19)16(8-15(11)22-13)20-9-12-2-5-25-23-12/h2,5-8,20,22H,3-4,9-10H2,1H3,(H,21,24). The van der Waals surface area contributed by atoms with Gasteiger partial charge in [-0.2, -0.15) is 0 Å². The van der Waals surface area contributed by atoms with Gasteiger partial charge in [0.25, 0.3) is 0 Å². The zero-order chi connectivity index (χ0) is 17.4. The first-order valence-corrected chi connectivity index (χ1v) is 8.26. The van der Waals surface area contributed by atoms with E-state index in [2.05, 4.69) is 20.8 Å². The third kappa shape index (κ3) is 3.22. The van der Waals surface area contributed by atoms with Crippen molar-refractivity contribution >= 4 is 22.5 Å². The van der Waals surface area contributed by atoms with Crippen molar-refractivity contribution in [1.29, 1.82) is 0 Å². The number of carbonyl (C=O) groups excluding carboxylic acids is 1. The summed E-state index contributed by atoms with van der Waals surface area (Å²) in [5.41, 5.74) is 2.55. The lowest BCUT2D eigenvalue weighted by molar-refractivity contribution is -0.125. The van der Waals surface area contributed by atoms with Gasteiger partial charge in [0.15, 0.2) is 0 Å². The molecule has 1 saturated carbocycles. The Bertz CT molecular complexity index is 913. The number of H-pyrrole nitrogens is 1. The van der Waals surface area contributed by atoms with Crippen molar-refractivity contribution in [2.45, 2.75) is 32.9 Å². The van der Waals surface area contributed by atoms with E-state index in [1.54, 1.807) is 12.1 Å². The zero-order valence-corrected chi connectivity index (χ0v) is 13.9. The molecule has 1 aliphatic rings. The lowest BCUT2D eigenvalue weighted by Crippen LogP contribution is -2.29. The molecule has 0 aliphatic heterocycles. The summed E-state index contributed by atoms with van der Waals surface area (Å²) in [4.78, 5) is 15.2. The minimum atomic E-state index is -0.337. The van der Waals surface area contributed by atoms with Crippen LogP contribution in [0.5, 0.6) is 0 Å². The number of amides is 1. The van der Waals surface area contributed by atoms with Crippen LogP contribution in [-0.4, -0.2) is 16.0 Å². The number of fused-ring (bicyclic) bond motifs is 1. The molecule has 25 heavy (non-hydrogen) atoms. The number of halogens is 1. The second-order valence-corrected chi connectivity index (χ2v) is 6.80. The van der Waals surface area contributed by atoms with Gasteiger partial charge in [-0.25, -0.2) is 4.39 Å². The highest BCUT2D eigenvalue weighted by atomic mass is 19.1. The van der Waals surface area contributed by atoms with Gasteiger partial charge in [0, 0.05) is 28.1 Å². The number of hydrogen-bond donors (Lipinski definition) is 3. The van der Waals surface area contributed by atoms with Gasteiger partial charge in [0.05, 0.1) is 18.8 Å². The van der Waals surface area contributed by atoms with Crippen LogP contribution in [0.15, 0.2) is 35.1 Å². The lowest BCUT2D eigenvalue weighted by atomic mass is 10.1. The maximum Gasteiger partial charge on any atom is 0.226 e. The van der Waals surface area contributed by atoms with E-state index in [1.165, 1.54) is 12.3 Å². The number of aromatic amines is 1. The number of nitrogens with one attached hydrogen (secondary N) is 3. The van der Waals surface area contributed by atoms with Crippen molar-refractivity contribution in [1.82, 2.24) is 15.5 Å². The Morgan fingerprint density at radius 2 is 2.20 bits per heavy atom. The fourth-order valence-electron chi connectivity index (χ4n) is 2.76. The molecule has 0 unspecified atom stereocenters. The molecule has 1 fully saturated rings. The Morgan fingerprint density at radius 1 is 1.36 bits per heavy atom. The summed E-state index contributed by atoms with van der Waals surface area (Å²) in [6, 6.07) is 6.78. The number of hydrogen-bond acceptors (Lipinski definition) is 4. The minimum Gasteiger partial charge on any atom is -0.377 e. The molecular formula is C18H19FN4O2. The van der Waals surface area contributed by atoms with Crippen LogP contribution < -0.4 is 10.6 Å². The van der Waals surface area contributed by atoms with Crippen molar-refractivity contribution in [3.63, 3.8) is 0 Å². The molecule has 0 radical (unpaired) electrons. The molecule has 4 rings (SSSR count). The van der Waals surface area contributed by atoms with Crippen LogP contribution in [-0.2, 0) is 17.9 Å². The molecule has 7 heteroatoms. The van der Waals surface area contributed by atoms with Gasteiger partial charge in [0.2, 0.25) is 5.91 Å². The lowest BCUT2D eigenvalue weighted by Gasteiger charge is -2.08. The summed E-state index contributed by atoms with van der Waals surface area (Å²) in [5, 5.41) is 10.5. The van der Waals surface area contributed by atoms with Gasteiger partial charge < -0.3 is 20.1 Å². The third-order valence-corrected chi connectivity index (χ3v) is 4.70. The summed E-state index contributed by atoms with van der Waals surface area (Å²) in [5.74, 6) is -0.261. The number of anilines is 1. The number of nitrogens with zero attached hydrogens (tertiary/aromatic N) is 1.